The minimum Gasteiger partial charge on any atom is -0.504 e. The van der Waals surface area contributed by atoms with E-state index in [0.717, 1.165) is 63.1 Å². The summed E-state index contributed by atoms with van der Waals surface area (Å²) >= 11 is 10.5. The number of para-hydroxylation sites is 2. The number of nitrogens with one attached hydrogen (secondary N) is 4. The molecule has 12 nitrogen and oxygen atoms in total. The van der Waals surface area contributed by atoms with E-state index in [1.165, 1.54) is 0 Å². The lowest BCUT2D eigenvalue weighted by Crippen LogP contribution is -2.47. The highest BCUT2D eigenvalue weighted by Gasteiger charge is 2.16. The molecule has 6 N–H and O–H groups in total. The number of aromatic nitrogens is 2. The van der Waals surface area contributed by atoms with Crippen LogP contribution in [0.4, 0.5) is 11.6 Å². The molecule has 0 amide bonds. The molecule has 0 bridgehead atoms. The Morgan fingerprint density at radius 3 is 1.50 bits per heavy atom. The zero-order chi connectivity index (χ0) is 29.3. The third kappa shape index (κ3) is 7.64. The largest absolute Gasteiger partial charge is 0.504 e. The molecule has 1 aliphatic heterocycles. The van der Waals surface area contributed by atoms with Gasteiger partial charge < -0.3 is 40.6 Å². The number of fused-ring (bicyclic) bond motifs is 2. The van der Waals surface area contributed by atoms with Gasteiger partial charge in [0.05, 0.1) is 11.0 Å². The third-order valence-electron chi connectivity index (χ3n) is 7.12. The van der Waals surface area contributed by atoms with Crippen molar-refractivity contribution >= 4 is 68.1 Å². The summed E-state index contributed by atoms with van der Waals surface area (Å²) in [5.41, 5.74) is 1.60. The third-order valence-corrected chi connectivity index (χ3v) is 7.57. The summed E-state index contributed by atoms with van der Waals surface area (Å²) in [6, 6.07) is 14.9. The summed E-state index contributed by atoms with van der Waals surface area (Å²) in [6.45, 7) is 7.48. The Bertz CT molecular complexity index is 1470. The number of azo groups is 2. The topological polar surface area (TPSA) is 152 Å². The normalized spacial score (nSPS) is 14.9. The molecule has 0 radical (unpaired) electrons. The fraction of sp³-hybridized carbons (Fsp3) is 0.357. The first kappa shape index (κ1) is 29.5. The van der Waals surface area contributed by atoms with Crippen molar-refractivity contribution < 1.29 is 10.2 Å². The second kappa shape index (κ2) is 14.3. The molecule has 2 aromatic heterocycles. The molecule has 5 rings (SSSR count). The second-order valence-electron chi connectivity index (χ2n) is 9.99. The Balaban J connectivity index is 0.916. The molecule has 1 saturated heterocycles. The van der Waals surface area contributed by atoms with Gasteiger partial charge in [0, 0.05) is 50.0 Å². The molecule has 0 saturated carbocycles. The number of rotatable bonds is 10. The standard InChI is InChI=1S/C28H34N10O2S2/c39-23-19-7-1-3-9-21(19)31-25(23)33-35-27(41)29-11-5-13-37-15-17-38(18-16-37)14-6-12-30-28(42)36-34-26-24(40)20-8-2-4-10-22(20)32-26/h1-4,7-10,31-32,39-40H,5-6,11-18H2,(H,29,41)(H,30,42). The van der Waals surface area contributed by atoms with Crippen molar-refractivity contribution in [2.45, 2.75) is 12.8 Å². The molecule has 1 aliphatic rings. The monoisotopic (exact) mass is 606 g/mol. The maximum atomic E-state index is 10.3. The molecule has 0 aliphatic carbocycles. The second-order valence-corrected chi connectivity index (χ2v) is 10.8. The number of hydrogen-bond acceptors (Lipinski definition) is 8. The number of aromatic hydroxyl groups is 2. The lowest BCUT2D eigenvalue weighted by atomic mass is 10.2. The first-order valence-corrected chi connectivity index (χ1v) is 14.7. The van der Waals surface area contributed by atoms with Crippen molar-refractivity contribution in [1.29, 1.82) is 0 Å². The molecule has 14 heteroatoms. The van der Waals surface area contributed by atoms with Crippen LogP contribution in [0.25, 0.3) is 21.8 Å². The van der Waals surface area contributed by atoms with E-state index in [1.807, 2.05) is 48.5 Å². The van der Waals surface area contributed by atoms with E-state index in [2.05, 4.69) is 50.9 Å². The van der Waals surface area contributed by atoms with Crippen LogP contribution in [-0.4, -0.2) is 92.6 Å². The van der Waals surface area contributed by atoms with Crippen LogP contribution in [0.3, 0.4) is 0 Å². The maximum Gasteiger partial charge on any atom is 0.213 e. The van der Waals surface area contributed by atoms with E-state index in [9.17, 15) is 10.2 Å². The van der Waals surface area contributed by atoms with Crippen LogP contribution in [0.15, 0.2) is 69.0 Å². The number of thiocarbonyl (C=S) groups is 2. The summed E-state index contributed by atoms with van der Waals surface area (Å²) < 4.78 is 0. The van der Waals surface area contributed by atoms with Gasteiger partial charge in [-0.05, 0) is 74.6 Å². The quantitative estimate of drug-likeness (QED) is 0.0831. The zero-order valence-corrected chi connectivity index (χ0v) is 24.7. The molecule has 1 fully saturated rings. The lowest BCUT2D eigenvalue weighted by molar-refractivity contribution is 0.131. The Morgan fingerprint density at radius 1 is 0.690 bits per heavy atom. The highest BCUT2D eigenvalue weighted by Crippen LogP contribution is 2.35. The van der Waals surface area contributed by atoms with Crippen molar-refractivity contribution in [3.05, 3.63) is 48.5 Å². The van der Waals surface area contributed by atoms with Crippen molar-refractivity contribution in [1.82, 2.24) is 30.4 Å². The molecule has 220 valence electrons. The fourth-order valence-electron chi connectivity index (χ4n) is 4.86. The van der Waals surface area contributed by atoms with Crippen LogP contribution < -0.4 is 10.6 Å². The molecule has 0 unspecified atom stereocenters. The Kier molecular flexibility index (Phi) is 10.0. The molecule has 3 heterocycles. The summed E-state index contributed by atoms with van der Waals surface area (Å²) in [7, 11) is 0. The predicted molar refractivity (Wildman–Crippen MR) is 172 cm³/mol. The molecule has 42 heavy (non-hydrogen) atoms. The van der Waals surface area contributed by atoms with E-state index in [1.54, 1.807) is 0 Å². The number of aromatic amines is 2. The zero-order valence-electron chi connectivity index (χ0n) is 23.1. The average Bonchev–Trinajstić information content (AvgIpc) is 3.51. The number of nitrogens with zero attached hydrogens (tertiary/aromatic N) is 6. The number of piperazine rings is 1. The summed E-state index contributed by atoms with van der Waals surface area (Å²) in [5, 5.41) is 44.9. The highest BCUT2D eigenvalue weighted by atomic mass is 32.1. The number of hydrogen-bond donors (Lipinski definition) is 6. The van der Waals surface area contributed by atoms with E-state index in [0.29, 0.717) is 45.7 Å². The van der Waals surface area contributed by atoms with Crippen LogP contribution in [0.2, 0.25) is 0 Å². The predicted octanol–water partition coefficient (Wildman–Crippen LogP) is 5.07. The van der Waals surface area contributed by atoms with Gasteiger partial charge in [-0.25, -0.2) is 0 Å². The first-order chi connectivity index (χ1) is 20.5. The van der Waals surface area contributed by atoms with Crippen molar-refractivity contribution in [3.63, 3.8) is 0 Å². The molecular formula is C28H34N10O2S2. The van der Waals surface area contributed by atoms with Crippen LogP contribution in [0.1, 0.15) is 12.8 Å². The van der Waals surface area contributed by atoms with E-state index < -0.39 is 0 Å². The van der Waals surface area contributed by atoms with Gasteiger partial charge in [-0.15, -0.1) is 20.5 Å². The van der Waals surface area contributed by atoms with Gasteiger partial charge in [0.1, 0.15) is 0 Å². The number of benzene rings is 2. The van der Waals surface area contributed by atoms with E-state index >= 15 is 0 Å². The Labute approximate surface area is 253 Å². The van der Waals surface area contributed by atoms with Crippen molar-refractivity contribution in [3.8, 4) is 11.5 Å². The van der Waals surface area contributed by atoms with Crippen LogP contribution in [-0.2, 0) is 0 Å². The number of H-pyrrole nitrogens is 2. The molecule has 4 aromatic rings. The van der Waals surface area contributed by atoms with Crippen LogP contribution in [0.5, 0.6) is 11.5 Å². The van der Waals surface area contributed by atoms with Gasteiger partial charge in [0.15, 0.2) is 23.1 Å². The van der Waals surface area contributed by atoms with E-state index in [-0.39, 0.29) is 11.5 Å². The van der Waals surface area contributed by atoms with Crippen molar-refractivity contribution in [2.24, 2.45) is 20.5 Å². The van der Waals surface area contributed by atoms with Gasteiger partial charge in [0.2, 0.25) is 10.2 Å². The smallest absolute Gasteiger partial charge is 0.213 e. The minimum atomic E-state index is 0.0710. The van der Waals surface area contributed by atoms with Gasteiger partial charge in [-0.3, -0.25) is 0 Å². The molecule has 0 atom stereocenters. The summed E-state index contributed by atoms with van der Waals surface area (Å²) in [4.78, 5) is 11.0. The van der Waals surface area contributed by atoms with Gasteiger partial charge in [0.25, 0.3) is 0 Å². The minimum absolute atomic E-state index is 0.0710. The Morgan fingerprint density at radius 2 is 1.10 bits per heavy atom. The summed E-state index contributed by atoms with van der Waals surface area (Å²) in [6.07, 6.45) is 1.89. The highest BCUT2D eigenvalue weighted by molar-refractivity contribution is 7.80. The molecular weight excluding hydrogens is 573 g/mol. The van der Waals surface area contributed by atoms with Crippen LogP contribution >= 0.6 is 24.4 Å². The molecule has 2 aromatic carbocycles. The SMILES string of the molecule is Oc1c(N=NC(=S)NCCCN2CCN(CCCNC(=S)N=Nc3[nH]c4ccccc4c3O)CC2)[nH]c2ccccc12. The first-order valence-electron chi connectivity index (χ1n) is 13.9. The van der Waals surface area contributed by atoms with Gasteiger partial charge in [-0.2, -0.15) is 0 Å². The van der Waals surface area contributed by atoms with Crippen molar-refractivity contribution in [2.75, 3.05) is 52.4 Å². The van der Waals surface area contributed by atoms with Gasteiger partial charge >= 0.3 is 0 Å². The lowest BCUT2D eigenvalue weighted by Gasteiger charge is -2.34. The molecule has 0 spiro atoms. The fourth-order valence-corrected chi connectivity index (χ4v) is 5.15. The Hall–Kier alpha value is -3.98. The van der Waals surface area contributed by atoms with Crippen LogP contribution in [0, 0.1) is 0 Å². The average molecular weight is 607 g/mol. The van der Waals surface area contributed by atoms with Gasteiger partial charge in [-0.1, -0.05) is 24.3 Å². The van der Waals surface area contributed by atoms with E-state index in [4.69, 9.17) is 24.4 Å². The summed E-state index contributed by atoms with van der Waals surface area (Å²) in [5.74, 6) is 0.734. The maximum absolute atomic E-state index is 10.3.